The monoisotopic (exact) mass is 351 g/mol. The first-order valence-electron chi connectivity index (χ1n) is 7.53. The lowest BCUT2D eigenvalue weighted by Crippen LogP contribution is -2.42. The van der Waals surface area contributed by atoms with Gasteiger partial charge in [-0.1, -0.05) is 6.08 Å². The quantitative estimate of drug-likeness (QED) is 0.264. The fraction of sp³-hybridized carbons (Fsp3) is 0.375. The Morgan fingerprint density at radius 2 is 2.00 bits per heavy atom. The summed E-state index contributed by atoms with van der Waals surface area (Å²) in [5.74, 6) is -1.74. The normalized spacial score (nSPS) is 12.8. The molecule has 9 heteroatoms. The first kappa shape index (κ1) is 20.3. The van der Waals surface area contributed by atoms with E-state index in [1.165, 1.54) is 42.3 Å². The standard InChI is InChI=1S/C16H21N3O6/c1-3-4-12(15(21)17-23)9-14(10-20)18(2)16(22)11-5-7-13(8-6-11)19(24)25/h3,5-8,12,14,20,23H,1,4,9-10H2,2H3,(H,17,21)/t12-,14-/m0/s1. The van der Waals surface area contributed by atoms with E-state index in [1.54, 1.807) is 5.48 Å². The van der Waals surface area contributed by atoms with Gasteiger partial charge in [-0.2, -0.15) is 0 Å². The second-order valence-electron chi connectivity index (χ2n) is 5.49. The van der Waals surface area contributed by atoms with Gasteiger partial charge in [-0.15, -0.1) is 6.58 Å². The van der Waals surface area contributed by atoms with Gasteiger partial charge in [-0.05, 0) is 25.0 Å². The van der Waals surface area contributed by atoms with Crippen LogP contribution in [0.15, 0.2) is 36.9 Å². The van der Waals surface area contributed by atoms with E-state index in [0.717, 1.165) is 0 Å². The van der Waals surface area contributed by atoms with Crippen molar-refractivity contribution in [2.24, 2.45) is 5.92 Å². The highest BCUT2D eigenvalue weighted by Gasteiger charge is 2.27. The fourth-order valence-corrected chi connectivity index (χ4v) is 2.38. The van der Waals surface area contributed by atoms with Crippen LogP contribution in [-0.2, 0) is 4.79 Å². The minimum Gasteiger partial charge on any atom is -0.394 e. The van der Waals surface area contributed by atoms with Crippen molar-refractivity contribution >= 4 is 17.5 Å². The lowest BCUT2D eigenvalue weighted by atomic mass is 9.95. The van der Waals surface area contributed by atoms with E-state index in [4.69, 9.17) is 5.21 Å². The number of allylic oxidation sites excluding steroid dienone is 1. The van der Waals surface area contributed by atoms with Gasteiger partial charge in [0.2, 0.25) is 5.91 Å². The Morgan fingerprint density at radius 3 is 2.44 bits per heavy atom. The maximum absolute atomic E-state index is 12.5. The molecule has 0 fully saturated rings. The van der Waals surface area contributed by atoms with Crippen molar-refractivity contribution in [3.8, 4) is 0 Å². The molecular weight excluding hydrogens is 330 g/mol. The highest BCUT2D eigenvalue weighted by Crippen LogP contribution is 2.19. The van der Waals surface area contributed by atoms with Crippen LogP contribution >= 0.6 is 0 Å². The number of nitrogens with zero attached hydrogens (tertiary/aromatic N) is 2. The van der Waals surface area contributed by atoms with E-state index in [-0.39, 0.29) is 30.7 Å². The van der Waals surface area contributed by atoms with Crippen LogP contribution in [0.3, 0.4) is 0 Å². The minimum absolute atomic E-state index is 0.115. The molecule has 0 bridgehead atoms. The van der Waals surface area contributed by atoms with Gasteiger partial charge in [0.05, 0.1) is 17.6 Å². The number of nitro benzene ring substituents is 1. The number of hydrogen-bond donors (Lipinski definition) is 3. The Balaban J connectivity index is 2.90. The van der Waals surface area contributed by atoms with Crippen LogP contribution in [0.4, 0.5) is 5.69 Å². The maximum atomic E-state index is 12.5. The van der Waals surface area contributed by atoms with E-state index in [1.807, 2.05) is 0 Å². The minimum atomic E-state index is -0.676. The number of aliphatic hydroxyl groups is 1. The summed E-state index contributed by atoms with van der Waals surface area (Å²) in [6.07, 6.45) is 1.89. The molecule has 1 rings (SSSR count). The van der Waals surface area contributed by atoms with Gasteiger partial charge >= 0.3 is 0 Å². The molecule has 9 nitrogen and oxygen atoms in total. The Bertz CT molecular complexity index is 631. The van der Waals surface area contributed by atoms with Gasteiger partial charge in [-0.25, -0.2) is 5.48 Å². The molecule has 0 aliphatic heterocycles. The molecule has 3 N–H and O–H groups in total. The Hall–Kier alpha value is -2.78. The molecule has 0 unspecified atom stereocenters. The van der Waals surface area contributed by atoms with Crippen molar-refractivity contribution in [3.63, 3.8) is 0 Å². The molecule has 25 heavy (non-hydrogen) atoms. The topological polar surface area (TPSA) is 133 Å². The SMILES string of the molecule is C=CC[C@@H](C[C@@H](CO)N(C)C(=O)c1ccc([N+](=O)[O-])cc1)C(=O)NO. The molecule has 0 spiro atoms. The number of non-ortho nitro benzene ring substituents is 1. The summed E-state index contributed by atoms with van der Waals surface area (Å²) in [5, 5.41) is 29.0. The van der Waals surface area contributed by atoms with Gasteiger partial charge in [0.25, 0.3) is 11.6 Å². The maximum Gasteiger partial charge on any atom is 0.269 e. The zero-order valence-electron chi connectivity index (χ0n) is 13.8. The predicted molar refractivity (Wildman–Crippen MR) is 88.9 cm³/mol. The molecule has 0 aromatic heterocycles. The summed E-state index contributed by atoms with van der Waals surface area (Å²) in [5.41, 5.74) is 1.65. The number of carbonyl (C=O) groups excluding carboxylic acids is 2. The molecular formula is C16H21N3O6. The molecule has 0 saturated carbocycles. The molecule has 0 heterocycles. The number of carbonyl (C=O) groups is 2. The number of nitro groups is 1. The molecule has 0 radical (unpaired) electrons. The predicted octanol–water partition coefficient (Wildman–Crippen LogP) is 1.12. The highest BCUT2D eigenvalue weighted by atomic mass is 16.6. The average molecular weight is 351 g/mol. The zero-order valence-corrected chi connectivity index (χ0v) is 13.8. The van der Waals surface area contributed by atoms with Crippen molar-refractivity contribution in [2.75, 3.05) is 13.7 Å². The molecule has 0 aliphatic rings. The van der Waals surface area contributed by atoms with Gasteiger partial charge in [0.15, 0.2) is 0 Å². The highest BCUT2D eigenvalue weighted by molar-refractivity contribution is 5.94. The molecule has 2 amide bonds. The van der Waals surface area contributed by atoms with Crippen LogP contribution in [0.5, 0.6) is 0 Å². The van der Waals surface area contributed by atoms with Crippen LogP contribution in [0.1, 0.15) is 23.2 Å². The van der Waals surface area contributed by atoms with Gasteiger partial charge in [-0.3, -0.25) is 24.9 Å². The van der Waals surface area contributed by atoms with Crippen LogP contribution < -0.4 is 5.48 Å². The van der Waals surface area contributed by atoms with E-state index >= 15 is 0 Å². The number of aliphatic hydroxyl groups excluding tert-OH is 1. The molecule has 136 valence electrons. The molecule has 2 atom stereocenters. The van der Waals surface area contributed by atoms with Crippen molar-refractivity contribution in [1.82, 2.24) is 10.4 Å². The smallest absolute Gasteiger partial charge is 0.269 e. The first-order valence-corrected chi connectivity index (χ1v) is 7.53. The number of hydroxylamine groups is 1. The number of amides is 2. The lowest BCUT2D eigenvalue weighted by molar-refractivity contribution is -0.384. The molecule has 1 aromatic rings. The van der Waals surface area contributed by atoms with Gasteiger partial charge < -0.3 is 10.0 Å². The Kier molecular flexibility index (Phi) is 7.70. The van der Waals surface area contributed by atoms with E-state index in [0.29, 0.717) is 0 Å². The van der Waals surface area contributed by atoms with Crippen LogP contribution in [0, 0.1) is 16.0 Å². The third-order valence-electron chi connectivity index (χ3n) is 3.89. The van der Waals surface area contributed by atoms with Crippen molar-refractivity contribution in [2.45, 2.75) is 18.9 Å². The Morgan fingerprint density at radius 1 is 1.40 bits per heavy atom. The summed E-state index contributed by atoms with van der Waals surface area (Å²) < 4.78 is 0. The fourth-order valence-electron chi connectivity index (χ4n) is 2.38. The average Bonchev–Trinajstić information content (AvgIpc) is 2.63. The third kappa shape index (κ3) is 5.37. The Labute approximate surface area is 144 Å². The van der Waals surface area contributed by atoms with Crippen LogP contribution in [0.2, 0.25) is 0 Å². The number of hydrogen-bond acceptors (Lipinski definition) is 6. The van der Waals surface area contributed by atoms with Crippen LogP contribution in [-0.4, -0.2) is 51.6 Å². The summed E-state index contributed by atoms with van der Waals surface area (Å²) in [4.78, 5) is 35.5. The van der Waals surface area contributed by atoms with Crippen LogP contribution in [0.25, 0.3) is 0 Å². The van der Waals surface area contributed by atoms with Gasteiger partial charge in [0, 0.05) is 30.7 Å². The van der Waals surface area contributed by atoms with Crippen molar-refractivity contribution in [1.29, 1.82) is 0 Å². The summed E-state index contributed by atoms with van der Waals surface area (Å²) in [6.45, 7) is 3.15. The molecule has 0 aliphatic carbocycles. The van der Waals surface area contributed by atoms with E-state index in [9.17, 15) is 24.8 Å². The van der Waals surface area contributed by atoms with Gasteiger partial charge in [0.1, 0.15) is 0 Å². The second kappa shape index (κ2) is 9.50. The van der Waals surface area contributed by atoms with E-state index < -0.39 is 28.7 Å². The summed E-state index contributed by atoms with van der Waals surface area (Å²) in [7, 11) is 1.46. The second-order valence-corrected chi connectivity index (χ2v) is 5.49. The first-order chi connectivity index (χ1) is 11.8. The zero-order chi connectivity index (χ0) is 19.0. The number of nitrogens with one attached hydrogen (secondary N) is 1. The van der Waals surface area contributed by atoms with Crippen molar-refractivity contribution < 1.29 is 24.8 Å². The molecule has 0 saturated heterocycles. The molecule has 1 aromatic carbocycles. The largest absolute Gasteiger partial charge is 0.394 e. The number of benzene rings is 1. The number of likely N-dealkylation sites (N-methyl/N-ethyl adjacent to an activating group) is 1. The summed E-state index contributed by atoms with van der Waals surface area (Å²) in [6, 6.07) is 4.41. The number of rotatable bonds is 9. The lowest BCUT2D eigenvalue weighted by Gasteiger charge is -2.29. The van der Waals surface area contributed by atoms with Crippen molar-refractivity contribution in [3.05, 3.63) is 52.6 Å². The summed E-state index contributed by atoms with van der Waals surface area (Å²) >= 11 is 0. The van der Waals surface area contributed by atoms with E-state index in [2.05, 4.69) is 6.58 Å². The third-order valence-corrected chi connectivity index (χ3v) is 3.89.